The van der Waals surface area contributed by atoms with Crippen LogP contribution >= 0.6 is 22.9 Å². The van der Waals surface area contributed by atoms with Crippen LogP contribution in [0.15, 0.2) is 17.5 Å². The molecule has 2 aromatic rings. The molecule has 0 spiro atoms. The Bertz CT molecular complexity index is 631. The quantitative estimate of drug-likeness (QED) is 0.750. The number of nitrogens with zero attached hydrogens (tertiary/aromatic N) is 2. The van der Waals surface area contributed by atoms with Gasteiger partial charge in [-0.05, 0) is 11.4 Å². The van der Waals surface area contributed by atoms with Gasteiger partial charge in [0.25, 0.3) is 0 Å². The van der Waals surface area contributed by atoms with Gasteiger partial charge in [0.2, 0.25) is 0 Å². The molecule has 0 saturated heterocycles. The van der Waals surface area contributed by atoms with E-state index in [0.717, 1.165) is 28.1 Å². The van der Waals surface area contributed by atoms with Gasteiger partial charge in [-0.3, -0.25) is 0 Å². The van der Waals surface area contributed by atoms with Crippen molar-refractivity contribution < 1.29 is 4.74 Å². The van der Waals surface area contributed by atoms with Gasteiger partial charge in [-0.25, -0.2) is 4.98 Å². The lowest BCUT2D eigenvalue weighted by Crippen LogP contribution is -2.14. The number of thiophene rings is 1. The number of pyridine rings is 1. The lowest BCUT2D eigenvalue weighted by Gasteiger charge is -2.20. The number of aromatic nitrogens is 1. The Balaban J connectivity index is 2.33. The summed E-state index contributed by atoms with van der Waals surface area (Å²) in [4.78, 5) is 5.36. The van der Waals surface area contributed by atoms with E-state index in [1.165, 1.54) is 0 Å². The van der Waals surface area contributed by atoms with Gasteiger partial charge < -0.3 is 4.74 Å². The molecule has 0 radical (unpaired) electrons. The summed E-state index contributed by atoms with van der Waals surface area (Å²) in [7, 11) is 0. The molecule has 0 amide bonds. The van der Waals surface area contributed by atoms with Crippen LogP contribution in [-0.2, 0) is 17.8 Å². The molecule has 0 bridgehead atoms. The van der Waals surface area contributed by atoms with E-state index in [4.69, 9.17) is 16.3 Å². The molecule has 2 aromatic heterocycles. The third-order valence-corrected chi connectivity index (χ3v) is 4.11. The van der Waals surface area contributed by atoms with Gasteiger partial charge in [0.1, 0.15) is 11.2 Å². The number of hydrogen-bond acceptors (Lipinski definition) is 4. The van der Waals surface area contributed by atoms with Gasteiger partial charge in [0.15, 0.2) is 0 Å². The molecule has 0 aromatic carbocycles. The van der Waals surface area contributed by atoms with E-state index in [1.54, 1.807) is 11.3 Å². The second kappa shape index (κ2) is 4.69. The maximum atomic E-state index is 9.29. The molecule has 0 N–H and O–H groups in total. The zero-order chi connectivity index (χ0) is 12.5. The normalized spacial score (nSPS) is 14.0. The smallest absolute Gasteiger partial charge is 0.147 e. The number of hydrogen-bond donors (Lipinski definition) is 0. The van der Waals surface area contributed by atoms with Crippen LogP contribution in [0.2, 0.25) is 5.15 Å². The summed E-state index contributed by atoms with van der Waals surface area (Å²) in [6, 6.07) is 6.11. The highest BCUT2D eigenvalue weighted by atomic mass is 35.5. The van der Waals surface area contributed by atoms with Gasteiger partial charge in [0, 0.05) is 22.4 Å². The van der Waals surface area contributed by atoms with E-state index < -0.39 is 0 Å². The molecular formula is C13H9ClN2OS. The number of nitriles is 1. The Kier molecular flexibility index (Phi) is 3.04. The van der Waals surface area contributed by atoms with Crippen molar-refractivity contribution in [3.8, 4) is 16.5 Å². The van der Waals surface area contributed by atoms with E-state index in [-0.39, 0.29) is 0 Å². The molecule has 90 valence electrons. The van der Waals surface area contributed by atoms with Gasteiger partial charge in [0.05, 0.1) is 24.5 Å². The molecule has 5 heteroatoms. The standard InChI is InChI=1S/C13H9ClN2OS/c14-13-8(6-15)12(11-2-1-5-18-11)9-7-17-4-3-10(9)16-13/h1-2,5H,3-4,7H2. The summed E-state index contributed by atoms with van der Waals surface area (Å²) in [6.07, 6.45) is 0.749. The molecular weight excluding hydrogens is 268 g/mol. The first-order valence-corrected chi connectivity index (χ1v) is 6.80. The predicted octanol–water partition coefficient (Wildman–Crippen LogP) is 3.41. The third-order valence-electron chi connectivity index (χ3n) is 2.95. The van der Waals surface area contributed by atoms with E-state index >= 15 is 0 Å². The second-order valence-electron chi connectivity index (χ2n) is 3.97. The molecule has 3 heterocycles. The molecule has 1 aliphatic rings. The molecule has 1 aliphatic heterocycles. The summed E-state index contributed by atoms with van der Waals surface area (Å²) >= 11 is 7.71. The minimum Gasteiger partial charge on any atom is -0.376 e. The Morgan fingerprint density at radius 3 is 3.11 bits per heavy atom. The van der Waals surface area contributed by atoms with Crippen LogP contribution in [0.5, 0.6) is 0 Å². The minimum atomic E-state index is 0.293. The fourth-order valence-corrected chi connectivity index (χ4v) is 3.18. The van der Waals surface area contributed by atoms with Crippen molar-refractivity contribution in [2.75, 3.05) is 6.61 Å². The van der Waals surface area contributed by atoms with Crippen molar-refractivity contribution in [1.29, 1.82) is 5.26 Å². The molecule has 0 aliphatic carbocycles. The first-order valence-electron chi connectivity index (χ1n) is 5.54. The van der Waals surface area contributed by atoms with Crippen LogP contribution in [0.1, 0.15) is 16.8 Å². The molecule has 0 atom stereocenters. The summed E-state index contributed by atoms with van der Waals surface area (Å²) in [6.45, 7) is 1.16. The van der Waals surface area contributed by atoms with Crippen LogP contribution in [0, 0.1) is 11.3 Å². The second-order valence-corrected chi connectivity index (χ2v) is 5.28. The Hall–Kier alpha value is -1.41. The van der Waals surface area contributed by atoms with E-state index in [0.29, 0.717) is 23.9 Å². The van der Waals surface area contributed by atoms with E-state index in [2.05, 4.69) is 11.1 Å². The van der Waals surface area contributed by atoms with Gasteiger partial charge in [-0.2, -0.15) is 5.26 Å². The first-order chi connectivity index (χ1) is 8.81. The average Bonchev–Trinajstić information content (AvgIpc) is 2.90. The monoisotopic (exact) mass is 276 g/mol. The fraction of sp³-hybridized carbons (Fsp3) is 0.231. The zero-order valence-electron chi connectivity index (χ0n) is 9.44. The van der Waals surface area contributed by atoms with Crippen LogP contribution in [0.3, 0.4) is 0 Å². The van der Waals surface area contributed by atoms with E-state index in [9.17, 15) is 5.26 Å². The van der Waals surface area contributed by atoms with Gasteiger partial charge in [-0.15, -0.1) is 11.3 Å². The van der Waals surface area contributed by atoms with Crippen molar-refractivity contribution in [3.63, 3.8) is 0 Å². The van der Waals surface area contributed by atoms with Crippen molar-refractivity contribution >= 4 is 22.9 Å². The Morgan fingerprint density at radius 2 is 2.39 bits per heavy atom. The fourth-order valence-electron chi connectivity index (χ4n) is 2.14. The van der Waals surface area contributed by atoms with Crippen molar-refractivity contribution in [2.24, 2.45) is 0 Å². The molecule has 3 rings (SSSR count). The summed E-state index contributed by atoms with van der Waals surface area (Å²) in [5.74, 6) is 0. The number of halogens is 1. The number of ether oxygens (including phenoxy) is 1. The highest BCUT2D eigenvalue weighted by Gasteiger charge is 2.22. The maximum absolute atomic E-state index is 9.29. The lowest BCUT2D eigenvalue weighted by atomic mass is 9.98. The van der Waals surface area contributed by atoms with Crippen molar-refractivity contribution in [1.82, 2.24) is 4.98 Å². The summed E-state index contributed by atoms with van der Waals surface area (Å²) in [5.41, 5.74) is 3.30. The van der Waals surface area contributed by atoms with Gasteiger partial charge in [-0.1, -0.05) is 17.7 Å². The summed E-state index contributed by atoms with van der Waals surface area (Å²) in [5, 5.41) is 11.6. The van der Waals surface area contributed by atoms with Crippen LogP contribution in [-0.4, -0.2) is 11.6 Å². The zero-order valence-corrected chi connectivity index (χ0v) is 11.0. The lowest BCUT2D eigenvalue weighted by molar-refractivity contribution is 0.109. The van der Waals surface area contributed by atoms with Crippen LogP contribution in [0.25, 0.3) is 10.4 Å². The minimum absolute atomic E-state index is 0.293. The number of rotatable bonds is 1. The average molecular weight is 277 g/mol. The predicted molar refractivity (Wildman–Crippen MR) is 70.6 cm³/mol. The highest BCUT2D eigenvalue weighted by Crippen LogP contribution is 2.37. The Morgan fingerprint density at radius 1 is 1.50 bits per heavy atom. The van der Waals surface area contributed by atoms with Crippen molar-refractivity contribution in [2.45, 2.75) is 13.0 Å². The molecule has 0 unspecified atom stereocenters. The first kappa shape index (κ1) is 11.7. The van der Waals surface area contributed by atoms with Crippen molar-refractivity contribution in [3.05, 3.63) is 39.5 Å². The SMILES string of the molecule is N#Cc1c(Cl)nc2c(c1-c1cccs1)COCC2. The van der Waals surface area contributed by atoms with Crippen LogP contribution < -0.4 is 0 Å². The molecule has 18 heavy (non-hydrogen) atoms. The highest BCUT2D eigenvalue weighted by molar-refractivity contribution is 7.13. The van der Waals surface area contributed by atoms with Crippen LogP contribution in [0.4, 0.5) is 0 Å². The third kappa shape index (κ3) is 1.81. The largest absolute Gasteiger partial charge is 0.376 e. The topological polar surface area (TPSA) is 45.9 Å². The number of fused-ring (bicyclic) bond motifs is 1. The maximum Gasteiger partial charge on any atom is 0.147 e. The van der Waals surface area contributed by atoms with E-state index in [1.807, 2.05) is 17.5 Å². The molecule has 3 nitrogen and oxygen atoms in total. The summed E-state index contributed by atoms with van der Waals surface area (Å²) < 4.78 is 5.49. The Labute approximate surface area is 114 Å². The molecule has 0 fully saturated rings. The van der Waals surface area contributed by atoms with Gasteiger partial charge >= 0.3 is 0 Å². The molecule has 0 saturated carbocycles.